The van der Waals surface area contributed by atoms with Gasteiger partial charge in [0.1, 0.15) is 11.4 Å². The number of aliphatic hydroxyl groups excluding tert-OH is 1. The number of rotatable bonds is 5. The zero-order chi connectivity index (χ0) is 29.0. The number of amides is 1. The third-order valence-electron chi connectivity index (χ3n) is 9.47. The summed E-state index contributed by atoms with van der Waals surface area (Å²) in [5.41, 5.74) is 5.69. The Morgan fingerprint density at radius 3 is 2.50 bits per heavy atom. The monoisotopic (exact) mass is 559 g/mol. The largest absolute Gasteiger partial charge is 0.487 e. The van der Waals surface area contributed by atoms with Gasteiger partial charge in [-0.3, -0.25) is 4.79 Å². The zero-order valence-electron chi connectivity index (χ0n) is 24.4. The molecule has 4 aromatic carbocycles. The number of hydrogen-bond acceptors (Lipinski definition) is 5. The minimum absolute atomic E-state index is 0.143. The van der Waals surface area contributed by atoms with Crippen molar-refractivity contribution in [3.8, 4) is 5.75 Å². The molecule has 0 bridgehead atoms. The molecule has 42 heavy (non-hydrogen) atoms. The van der Waals surface area contributed by atoms with Gasteiger partial charge >= 0.3 is 0 Å². The topological polar surface area (TPSA) is 84.3 Å². The van der Waals surface area contributed by atoms with Crippen LogP contribution in [0.1, 0.15) is 67.4 Å². The van der Waals surface area contributed by atoms with Gasteiger partial charge in [-0.05, 0) is 68.7 Å². The number of hydrogen-bond donors (Lipinski definition) is 2. The van der Waals surface area contributed by atoms with E-state index in [0.717, 1.165) is 51.5 Å². The van der Waals surface area contributed by atoms with Crippen LogP contribution in [0.2, 0.25) is 0 Å². The van der Waals surface area contributed by atoms with Gasteiger partial charge in [-0.2, -0.15) is 0 Å². The van der Waals surface area contributed by atoms with Crippen molar-refractivity contribution >= 4 is 38.7 Å². The molecule has 1 aromatic heterocycles. The smallest absolute Gasteiger partial charge is 0.251 e. The first kappa shape index (κ1) is 26.8. The second-order valence-electron chi connectivity index (χ2n) is 12.8. The summed E-state index contributed by atoms with van der Waals surface area (Å²) in [7, 11) is 0. The molecule has 214 valence electrons. The molecule has 1 fully saturated rings. The molecule has 6 nitrogen and oxygen atoms in total. The highest BCUT2D eigenvalue weighted by atomic mass is 16.5. The fourth-order valence-corrected chi connectivity index (χ4v) is 7.36. The average Bonchev–Trinajstić information content (AvgIpc) is 2.99. The maximum Gasteiger partial charge on any atom is 0.251 e. The molecule has 2 N–H and O–H groups in total. The number of aromatic nitrogens is 2. The number of aliphatic hydroxyl groups is 1. The van der Waals surface area contributed by atoms with Crippen LogP contribution < -0.4 is 10.1 Å². The number of carbonyl (C=O) groups is 1. The van der Waals surface area contributed by atoms with Crippen LogP contribution in [0.15, 0.2) is 72.8 Å². The first-order valence-corrected chi connectivity index (χ1v) is 15.1. The summed E-state index contributed by atoms with van der Waals surface area (Å²) in [5, 5.41) is 15.0. The molecule has 1 aliphatic carbocycles. The molecule has 4 atom stereocenters. The van der Waals surface area contributed by atoms with Gasteiger partial charge < -0.3 is 15.2 Å². The van der Waals surface area contributed by atoms with Gasteiger partial charge in [0.15, 0.2) is 0 Å². The molecular weight excluding hydrogens is 522 g/mol. The van der Waals surface area contributed by atoms with E-state index in [1.807, 2.05) is 48.5 Å². The lowest BCUT2D eigenvalue weighted by atomic mass is 9.64. The number of carbonyl (C=O) groups excluding carboxylic acids is 1. The molecule has 1 amide bonds. The number of nitrogens with zero attached hydrogens (tertiary/aromatic N) is 2. The van der Waals surface area contributed by atoms with Crippen LogP contribution >= 0.6 is 0 Å². The van der Waals surface area contributed by atoms with Crippen LogP contribution in [-0.2, 0) is 6.42 Å². The van der Waals surface area contributed by atoms with E-state index in [1.54, 1.807) is 6.07 Å². The van der Waals surface area contributed by atoms with Gasteiger partial charge in [-0.1, -0.05) is 67.9 Å². The van der Waals surface area contributed by atoms with Crippen molar-refractivity contribution in [1.82, 2.24) is 15.3 Å². The van der Waals surface area contributed by atoms with E-state index >= 15 is 0 Å². The summed E-state index contributed by atoms with van der Waals surface area (Å²) in [6.07, 6.45) is 4.03. The van der Waals surface area contributed by atoms with Crippen molar-refractivity contribution in [2.75, 3.05) is 6.61 Å². The number of nitrogens with one attached hydrogen (secondary N) is 1. The third-order valence-corrected chi connectivity index (χ3v) is 9.47. The van der Waals surface area contributed by atoms with E-state index in [-0.39, 0.29) is 24.2 Å². The molecule has 1 unspecified atom stereocenters. The van der Waals surface area contributed by atoms with Crippen molar-refractivity contribution in [2.45, 2.75) is 64.0 Å². The first-order chi connectivity index (χ1) is 20.3. The van der Waals surface area contributed by atoms with Gasteiger partial charge in [0.05, 0.1) is 34.7 Å². The second kappa shape index (κ2) is 10.4. The van der Waals surface area contributed by atoms with E-state index in [1.165, 1.54) is 12.0 Å². The van der Waals surface area contributed by atoms with E-state index in [4.69, 9.17) is 14.7 Å². The lowest BCUT2D eigenvalue weighted by Gasteiger charge is -2.49. The second-order valence-corrected chi connectivity index (χ2v) is 12.8. The first-order valence-electron chi connectivity index (χ1n) is 15.1. The quantitative estimate of drug-likeness (QED) is 0.180. The van der Waals surface area contributed by atoms with Crippen LogP contribution in [0.4, 0.5) is 0 Å². The lowest BCUT2D eigenvalue weighted by molar-refractivity contribution is -0.0115. The summed E-state index contributed by atoms with van der Waals surface area (Å²) in [6.45, 7) is 6.69. The summed E-state index contributed by atoms with van der Waals surface area (Å²) in [6, 6.07) is 23.3. The highest BCUT2D eigenvalue weighted by molar-refractivity contribution is 6.11. The van der Waals surface area contributed by atoms with Gasteiger partial charge in [0, 0.05) is 27.8 Å². The fourth-order valence-electron chi connectivity index (χ4n) is 7.36. The maximum atomic E-state index is 13.3. The van der Waals surface area contributed by atoms with E-state index < -0.39 is 0 Å². The molecular formula is C36H37N3O3. The van der Waals surface area contributed by atoms with Gasteiger partial charge in [0.2, 0.25) is 0 Å². The average molecular weight is 560 g/mol. The summed E-state index contributed by atoms with van der Waals surface area (Å²) in [5.74, 6) is 2.14. The normalized spacial score (nSPS) is 21.9. The molecule has 5 aromatic rings. The van der Waals surface area contributed by atoms with Crippen LogP contribution in [0.3, 0.4) is 0 Å². The number of fused-ring (bicyclic) bond motifs is 9. The van der Waals surface area contributed by atoms with E-state index in [9.17, 15) is 9.90 Å². The molecule has 0 spiro atoms. The molecule has 2 aliphatic rings. The summed E-state index contributed by atoms with van der Waals surface area (Å²) >= 11 is 0. The van der Waals surface area contributed by atoms with Crippen LogP contribution in [0, 0.1) is 11.8 Å². The number of ether oxygens (including phenoxy) is 1. The Morgan fingerprint density at radius 2 is 1.71 bits per heavy atom. The van der Waals surface area contributed by atoms with Gasteiger partial charge in [0.25, 0.3) is 5.91 Å². The lowest BCUT2D eigenvalue weighted by Crippen LogP contribution is -2.46. The highest BCUT2D eigenvalue weighted by Crippen LogP contribution is 2.56. The Hall–Kier alpha value is -4.03. The Bertz CT molecular complexity index is 1820. The van der Waals surface area contributed by atoms with Crippen molar-refractivity contribution in [3.05, 3.63) is 89.5 Å². The Kier molecular flexibility index (Phi) is 6.62. The third kappa shape index (κ3) is 4.58. The Labute approximate surface area is 246 Å². The minimum Gasteiger partial charge on any atom is -0.487 e. The van der Waals surface area contributed by atoms with Crippen molar-refractivity contribution < 1.29 is 14.6 Å². The highest BCUT2D eigenvalue weighted by Gasteiger charge is 2.47. The number of benzene rings is 4. The molecule has 2 heterocycles. The van der Waals surface area contributed by atoms with Crippen LogP contribution in [0.5, 0.6) is 5.75 Å². The molecule has 1 saturated carbocycles. The SMILES string of the molecule is C[C@H]1CC[C@H]2[C@H](C1)c1c(c3ccccc3c3nc4cc(C(=O)NC(CO)Cc5ccccc5)ccc4nc13)OC2(C)C. The Morgan fingerprint density at radius 1 is 0.976 bits per heavy atom. The van der Waals surface area contributed by atoms with Crippen molar-refractivity contribution in [1.29, 1.82) is 0 Å². The van der Waals surface area contributed by atoms with E-state index in [0.29, 0.717) is 35.3 Å². The summed E-state index contributed by atoms with van der Waals surface area (Å²) < 4.78 is 6.86. The van der Waals surface area contributed by atoms with Gasteiger partial charge in [-0.25, -0.2) is 9.97 Å². The fraction of sp³-hybridized carbons (Fsp3) is 0.361. The predicted molar refractivity (Wildman–Crippen MR) is 167 cm³/mol. The minimum atomic E-state index is -0.385. The van der Waals surface area contributed by atoms with E-state index in [2.05, 4.69) is 44.3 Å². The van der Waals surface area contributed by atoms with Crippen molar-refractivity contribution in [3.63, 3.8) is 0 Å². The van der Waals surface area contributed by atoms with Crippen LogP contribution in [0.25, 0.3) is 32.8 Å². The zero-order valence-corrected chi connectivity index (χ0v) is 24.4. The summed E-state index contributed by atoms with van der Waals surface area (Å²) in [4.78, 5) is 23.7. The molecule has 0 radical (unpaired) electrons. The molecule has 0 saturated heterocycles. The maximum absolute atomic E-state index is 13.3. The molecule has 6 heteroatoms. The standard InChI is InChI=1S/C36H37N3O3/c1-21-13-15-28-27(17-21)31-33-32(25-11-7-8-12-26(25)34(31)42-36(28,2)3)39-30-19-23(14-16-29(30)38-33)35(41)37-24(20-40)18-22-9-5-4-6-10-22/h4-12,14,16,19,21,24,27-28,40H,13,15,17-18,20H2,1-3H3,(H,37,41)/t21-,24?,27-,28-/m0/s1. The van der Waals surface area contributed by atoms with Gasteiger partial charge in [-0.15, -0.1) is 0 Å². The molecule has 1 aliphatic heterocycles. The predicted octanol–water partition coefficient (Wildman–Crippen LogP) is 6.96. The molecule has 7 rings (SSSR count). The Balaban J connectivity index is 1.33. The van der Waals surface area contributed by atoms with Crippen molar-refractivity contribution in [2.24, 2.45) is 11.8 Å². The van der Waals surface area contributed by atoms with Crippen LogP contribution in [-0.4, -0.2) is 39.2 Å².